The fourth-order valence-electron chi connectivity index (χ4n) is 3.34. The van der Waals surface area contributed by atoms with Crippen molar-refractivity contribution in [3.05, 3.63) is 66.5 Å². The number of hydrogen-bond acceptors (Lipinski definition) is 4. The Bertz CT molecular complexity index is 1260. The highest BCUT2D eigenvalue weighted by Crippen LogP contribution is 2.33. The number of fused-ring (bicyclic) bond motifs is 2. The number of aromatic nitrogens is 5. The number of benzene rings is 2. The Morgan fingerprint density at radius 1 is 1.00 bits per heavy atom. The molecule has 0 atom stereocenters. The minimum Gasteiger partial charge on any atom is -0.355 e. The smallest absolute Gasteiger partial charge is 0.160 e. The summed E-state index contributed by atoms with van der Waals surface area (Å²) in [7, 11) is 1.91. The van der Waals surface area contributed by atoms with Crippen molar-refractivity contribution >= 4 is 33.3 Å². The second kappa shape index (κ2) is 5.95. The molecular weight excluding hydrogens is 336 g/mol. The lowest BCUT2D eigenvalue weighted by molar-refractivity contribution is 0.787. The first-order valence-corrected chi connectivity index (χ1v) is 8.78. The number of aryl methyl sites for hydroxylation is 2. The van der Waals surface area contributed by atoms with Gasteiger partial charge in [0.05, 0.1) is 34.7 Å². The predicted molar refractivity (Wildman–Crippen MR) is 108 cm³/mol. The average molecular weight is 354 g/mol. The number of nitrogens with zero attached hydrogens (tertiary/aromatic N) is 4. The number of anilines is 2. The van der Waals surface area contributed by atoms with Gasteiger partial charge in [0.25, 0.3) is 0 Å². The maximum atomic E-state index is 4.87. The molecule has 0 aliphatic rings. The Balaban J connectivity index is 1.71. The summed E-state index contributed by atoms with van der Waals surface area (Å²) in [5.74, 6) is 0. The van der Waals surface area contributed by atoms with E-state index in [0.717, 1.165) is 44.6 Å². The second-order valence-corrected chi connectivity index (χ2v) is 6.69. The highest BCUT2D eigenvalue weighted by molar-refractivity contribution is 5.98. The van der Waals surface area contributed by atoms with Crippen molar-refractivity contribution in [2.75, 3.05) is 5.32 Å². The molecule has 0 bridgehead atoms. The Morgan fingerprint density at radius 3 is 2.70 bits per heavy atom. The van der Waals surface area contributed by atoms with E-state index >= 15 is 0 Å². The van der Waals surface area contributed by atoms with E-state index in [0.29, 0.717) is 0 Å². The van der Waals surface area contributed by atoms with Gasteiger partial charge in [-0.3, -0.25) is 9.78 Å². The molecular formula is C21H18N6. The molecule has 0 aliphatic carbocycles. The van der Waals surface area contributed by atoms with E-state index in [1.54, 1.807) is 4.68 Å². The summed E-state index contributed by atoms with van der Waals surface area (Å²) in [5.41, 5.74) is 6.99. The number of nitrogens with one attached hydrogen (secondary N) is 2. The van der Waals surface area contributed by atoms with Gasteiger partial charge in [-0.2, -0.15) is 10.2 Å². The quantitative estimate of drug-likeness (QED) is 0.498. The molecule has 3 aromatic heterocycles. The molecule has 0 saturated heterocycles. The Kier molecular flexibility index (Phi) is 3.43. The minimum absolute atomic E-state index is 0.836. The van der Waals surface area contributed by atoms with Crippen LogP contribution in [0.5, 0.6) is 0 Å². The lowest BCUT2D eigenvalue weighted by Gasteiger charge is -2.11. The van der Waals surface area contributed by atoms with E-state index in [9.17, 15) is 0 Å². The number of rotatable bonds is 3. The van der Waals surface area contributed by atoms with Gasteiger partial charge in [0.2, 0.25) is 0 Å². The molecule has 2 N–H and O–H groups in total. The van der Waals surface area contributed by atoms with Crippen LogP contribution in [0.25, 0.3) is 33.2 Å². The zero-order valence-corrected chi connectivity index (χ0v) is 15.1. The van der Waals surface area contributed by atoms with Crippen LogP contribution in [0.2, 0.25) is 0 Å². The molecule has 132 valence electrons. The van der Waals surface area contributed by atoms with Crippen molar-refractivity contribution in [3.63, 3.8) is 0 Å². The van der Waals surface area contributed by atoms with Crippen molar-refractivity contribution in [1.29, 1.82) is 0 Å². The van der Waals surface area contributed by atoms with E-state index in [1.807, 2.05) is 31.6 Å². The zero-order chi connectivity index (χ0) is 18.4. The van der Waals surface area contributed by atoms with Gasteiger partial charge in [-0.05, 0) is 31.2 Å². The summed E-state index contributed by atoms with van der Waals surface area (Å²) in [6.07, 6.45) is 3.69. The summed E-state index contributed by atoms with van der Waals surface area (Å²) in [4.78, 5) is 4.87. The fraction of sp³-hybridized carbons (Fsp3) is 0.0952. The maximum Gasteiger partial charge on any atom is 0.160 e. The van der Waals surface area contributed by atoms with E-state index in [4.69, 9.17) is 4.98 Å². The summed E-state index contributed by atoms with van der Waals surface area (Å²) >= 11 is 0. The largest absolute Gasteiger partial charge is 0.355 e. The molecule has 0 aliphatic heterocycles. The van der Waals surface area contributed by atoms with Crippen LogP contribution < -0.4 is 5.32 Å². The molecule has 0 radical (unpaired) electrons. The topological polar surface area (TPSA) is 71.4 Å². The SMILES string of the molecule is Cc1ccc(Nc2cc(-c3cccc4[nH]ncc34)nc3c2cnn3C)cc1. The monoisotopic (exact) mass is 354 g/mol. The first-order chi connectivity index (χ1) is 13.2. The first kappa shape index (κ1) is 15.6. The third-order valence-corrected chi connectivity index (χ3v) is 4.80. The third kappa shape index (κ3) is 2.62. The van der Waals surface area contributed by atoms with Gasteiger partial charge in [-0.15, -0.1) is 0 Å². The first-order valence-electron chi connectivity index (χ1n) is 8.78. The summed E-state index contributed by atoms with van der Waals surface area (Å²) in [6.45, 7) is 2.08. The zero-order valence-electron chi connectivity index (χ0n) is 15.1. The molecule has 0 spiro atoms. The van der Waals surface area contributed by atoms with Crippen molar-refractivity contribution in [3.8, 4) is 11.3 Å². The van der Waals surface area contributed by atoms with Crippen LogP contribution >= 0.6 is 0 Å². The normalized spacial score (nSPS) is 11.3. The van der Waals surface area contributed by atoms with Gasteiger partial charge < -0.3 is 5.32 Å². The van der Waals surface area contributed by atoms with Crippen LogP contribution in [0.15, 0.2) is 60.9 Å². The molecule has 5 aromatic rings. The number of pyridine rings is 1. The van der Waals surface area contributed by atoms with Gasteiger partial charge in [0.15, 0.2) is 5.65 Å². The molecule has 2 aromatic carbocycles. The lowest BCUT2D eigenvalue weighted by Crippen LogP contribution is -1.97. The molecule has 0 unspecified atom stereocenters. The highest BCUT2D eigenvalue weighted by Gasteiger charge is 2.13. The van der Waals surface area contributed by atoms with Gasteiger partial charge >= 0.3 is 0 Å². The van der Waals surface area contributed by atoms with Crippen LogP contribution in [-0.2, 0) is 7.05 Å². The van der Waals surface area contributed by atoms with Crippen LogP contribution in [0.4, 0.5) is 11.4 Å². The minimum atomic E-state index is 0.836. The number of hydrogen-bond donors (Lipinski definition) is 2. The van der Waals surface area contributed by atoms with Crippen LogP contribution in [0.1, 0.15) is 5.56 Å². The van der Waals surface area contributed by atoms with Gasteiger partial charge in [-0.25, -0.2) is 4.98 Å². The van der Waals surface area contributed by atoms with Gasteiger partial charge in [0.1, 0.15) is 0 Å². The van der Waals surface area contributed by atoms with E-state index in [2.05, 4.69) is 63.9 Å². The van der Waals surface area contributed by atoms with E-state index in [-0.39, 0.29) is 0 Å². The molecule has 3 heterocycles. The van der Waals surface area contributed by atoms with E-state index < -0.39 is 0 Å². The number of H-pyrrole nitrogens is 1. The molecule has 6 nitrogen and oxygen atoms in total. The van der Waals surface area contributed by atoms with Gasteiger partial charge in [0, 0.05) is 23.7 Å². The van der Waals surface area contributed by atoms with Crippen molar-refractivity contribution in [2.24, 2.45) is 7.05 Å². The Labute approximate surface area is 155 Å². The van der Waals surface area contributed by atoms with Crippen molar-refractivity contribution < 1.29 is 0 Å². The maximum absolute atomic E-state index is 4.87. The lowest BCUT2D eigenvalue weighted by atomic mass is 10.1. The molecule has 0 saturated carbocycles. The van der Waals surface area contributed by atoms with Crippen molar-refractivity contribution in [2.45, 2.75) is 6.92 Å². The van der Waals surface area contributed by atoms with Gasteiger partial charge in [-0.1, -0.05) is 29.8 Å². The van der Waals surface area contributed by atoms with Crippen LogP contribution in [-0.4, -0.2) is 25.0 Å². The summed E-state index contributed by atoms with van der Waals surface area (Å²) < 4.78 is 1.80. The highest BCUT2D eigenvalue weighted by atomic mass is 15.3. The van der Waals surface area contributed by atoms with E-state index in [1.165, 1.54) is 5.56 Å². The fourth-order valence-corrected chi connectivity index (χ4v) is 3.34. The molecule has 0 amide bonds. The second-order valence-electron chi connectivity index (χ2n) is 6.69. The molecule has 0 fully saturated rings. The van der Waals surface area contributed by atoms with Crippen LogP contribution in [0.3, 0.4) is 0 Å². The average Bonchev–Trinajstić information content (AvgIpc) is 3.30. The Hall–Kier alpha value is -3.67. The predicted octanol–water partition coefficient (Wildman–Crippen LogP) is 4.56. The number of aromatic amines is 1. The molecule has 6 heteroatoms. The Morgan fingerprint density at radius 2 is 1.85 bits per heavy atom. The third-order valence-electron chi connectivity index (χ3n) is 4.80. The molecule has 5 rings (SSSR count). The standard InChI is InChI=1S/C21H18N6/c1-13-6-8-14(9-7-13)24-20-10-19(25-21-17(20)12-23-27(21)2)15-4-3-5-18-16(15)11-22-26-18/h3-12H,1-2H3,(H,22,26)(H,24,25). The summed E-state index contributed by atoms with van der Waals surface area (Å²) in [6, 6.07) is 16.5. The van der Waals surface area contributed by atoms with Crippen molar-refractivity contribution in [1.82, 2.24) is 25.0 Å². The molecule has 27 heavy (non-hydrogen) atoms. The summed E-state index contributed by atoms with van der Waals surface area (Å²) in [5, 5.41) is 17.1. The van der Waals surface area contributed by atoms with Crippen LogP contribution in [0, 0.1) is 6.92 Å².